The smallest absolute Gasteiger partial charge is 0.124 e. The summed E-state index contributed by atoms with van der Waals surface area (Å²) in [6.45, 7) is 0. The van der Waals surface area contributed by atoms with Gasteiger partial charge in [0.15, 0.2) is 0 Å². The van der Waals surface area contributed by atoms with Crippen LogP contribution >= 0.6 is 33.9 Å². The van der Waals surface area contributed by atoms with E-state index in [1.807, 2.05) is 12.1 Å². The average molecular weight is 398 g/mol. The Labute approximate surface area is 134 Å². The van der Waals surface area contributed by atoms with Gasteiger partial charge in [-0.2, -0.15) is 0 Å². The number of benzene rings is 2. The molecule has 0 amide bonds. The number of fused-ring (bicyclic) bond motifs is 1. The van der Waals surface area contributed by atoms with E-state index in [1.54, 1.807) is 17.4 Å². The van der Waals surface area contributed by atoms with Crippen LogP contribution in [0.2, 0.25) is 0 Å². The van der Waals surface area contributed by atoms with Crippen LogP contribution in [-0.2, 0) is 6.42 Å². The Morgan fingerprint density at radius 3 is 2.80 bits per heavy atom. The molecule has 0 spiro atoms. The summed E-state index contributed by atoms with van der Waals surface area (Å²) in [4.78, 5) is 0. The van der Waals surface area contributed by atoms with E-state index in [-0.39, 0.29) is 5.82 Å². The lowest BCUT2D eigenvalue weighted by Crippen LogP contribution is -2.04. The number of thiophene rings is 1. The van der Waals surface area contributed by atoms with E-state index in [9.17, 15) is 9.50 Å². The molecule has 4 heteroatoms. The fourth-order valence-corrected chi connectivity index (χ4v) is 4.09. The summed E-state index contributed by atoms with van der Waals surface area (Å²) in [6.07, 6.45) is -0.0634. The van der Waals surface area contributed by atoms with Gasteiger partial charge in [-0.05, 0) is 62.7 Å². The Morgan fingerprint density at radius 2 is 2.00 bits per heavy atom. The van der Waals surface area contributed by atoms with Gasteiger partial charge in [0.05, 0.1) is 6.10 Å². The van der Waals surface area contributed by atoms with Crippen molar-refractivity contribution in [2.75, 3.05) is 0 Å². The zero-order valence-electron chi connectivity index (χ0n) is 10.5. The first kappa shape index (κ1) is 14.0. The molecule has 3 aromatic rings. The molecule has 3 rings (SSSR count). The molecule has 0 fully saturated rings. The van der Waals surface area contributed by atoms with E-state index in [0.717, 1.165) is 14.7 Å². The third kappa shape index (κ3) is 2.73. The van der Waals surface area contributed by atoms with E-state index in [0.29, 0.717) is 6.42 Å². The van der Waals surface area contributed by atoms with E-state index < -0.39 is 6.10 Å². The molecule has 0 aliphatic rings. The van der Waals surface area contributed by atoms with Crippen molar-refractivity contribution in [1.82, 2.24) is 0 Å². The summed E-state index contributed by atoms with van der Waals surface area (Å²) in [6, 6.07) is 12.7. The Balaban J connectivity index is 1.90. The topological polar surface area (TPSA) is 20.2 Å². The van der Waals surface area contributed by atoms with Crippen LogP contribution in [0.5, 0.6) is 0 Å². The van der Waals surface area contributed by atoms with Crippen LogP contribution in [0.3, 0.4) is 0 Å². The average Bonchev–Trinajstić information content (AvgIpc) is 2.82. The van der Waals surface area contributed by atoms with Gasteiger partial charge in [-0.15, -0.1) is 11.3 Å². The monoisotopic (exact) mass is 398 g/mol. The van der Waals surface area contributed by atoms with Gasteiger partial charge in [0.25, 0.3) is 0 Å². The van der Waals surface area contributed by atoms with Crippen molar-refractivity contribution in [3.8, 4) is 0 Å². The molecule has 102 valence electrons. The first-order chi connectivity index (χ1) is 9.65. The van der Waals surface area contributed by atoms with Gasteiger partial charge in [-0.1, -0.05) is 24.3 Å². The summed E-state index contributed by atoms with van der Waals surface area (Å²) < 4.78 is 15.1. The largest absolute Gasteiger partial charge is 0.388 e. The fraction of sp³-hybridized carbons (Fsp3) is 0.125. The number of aliphatic hydroxyl groups excluding tert-OH is 1. The number of halogens is 2. The van der Waals surface area contributed by atoms with Crippen molar-refractivity contribution in [2.45, 2.75) is 12.5 Å². The standard InChI is InChI=1S/C16H12FIOS/c17-11-5-6-13(14(18)8-11)15(19)7-10-9-20-16-4-2-1-3-12(10)16/h1-6,8-9,15,19H,7H2. The zero-order chi connectivity index (χ0) is 14.1. The highest BCUT2D eigenvalue weighted by Crippen LogP contribution is 2.30. The molecule has 0 bridgehead atoms. The summed E-state index contributed by atoms with van der Waals surface area (Å²) in [5.41, 5.74) is 1.92. The number of hydrogen-bond acceptors (Lipinski definition) is 2. The van der Waals surface area contributed by atoms with Crippen molar-refractivity contribution in [2.24, 2.45) is 0 Å². The highest BCUT2D eigenvalue weighted by Gasteiger charge is 2.14. The molecule has 1 aromatic heterocycles. The molecule has 20 heavy (non-hydrogen) atoms. The van der Waals surface area contributed by atoms with Crippen molar-refractivity contribution in [3.63, 3.8) is 0 Å². The van der Waals surface area contributed by atoms with E-state index in [1.165, 1.54) is 22.2 Å². The van der Waals surface area contributed by atoms with Gasteiger partial charge in [0.2, 0.25) is 0 Å². The SMILES string of the molecule is OC(Cc1csc2ccccc12)c1ccc(F)cc1I. The summed E-state index contributed by atoms with van der Waals surface area (Å²) in [5.74, 6) is -0.272. The maximum Gasteiger partial charge on any atom is 0.124 e. The van der Waals surface area contributed by atoms with E-state index >= 15 is 0 Å². The Morgan fingerprint density at radius 1 is 1.20 bits per heavy atom. The highest BCUT2D eigenvalue weighted by atomic mass is 127. The van der Waals surface area contributed by atoms with Gasteiger partial charge >= 0.3 is 0 Å². The Kier molecular flexibility index (Phi) is 4.05. The van der Waals surface area contributed by atoms with Crippen LogP contribution in [0, 0.1) is 9.39 Å². The molecule has 1 heterocycles. The molecule has 0 saturated heterocycles. The normalized spacial score (nSPS) is 12.8. The van der Waals surface area contributed by atoms with Gasteiger partial charge in [-0.25, -0.2) is 4.39 Å². The maximum atomic E-state index is 13.1. The molecule has 1 nitrogen and oxygen atoms in total. The van der Waals surface area contributed by atoms with Crippen molar-refractivity contribution in [3.05, 3.63) is 68.4 Å². The van der Waals surface area contributed by atoms with Crippen LogP contribution in [0.1, 0.15) is 17.2 Å². The Bertz CT molecular complexity index is 753. The van der Waals surface area contributed by atoms with Gasteiger partial charge in [0, 0.05) is 14.7 Å². The lowest BCUT2D eigenvalue weighted by atomic mass is 10.0. The lowest BCUT2D eigenvalue weighted by Gasteiger charge is -2.12. The Hall–Kier alpha value is -0.980. The molecular weight excluding hydrogens is 386 g/mol. The molecule has 1 N–H and O–H groups in total. The van der Waals surface area contributed by atoms with E-state index in [2.05, 4.69) is 40.1 Å². The third-order valence-corrected chi connectivity index (χ3v) is 5.24. The van der Waals surface area contributed by atoms with Crippen molar-refractivity contribution < 1.29 is 9.50 Å². The number of aliphatic hydroxyl groups is 1. The van der Waals surface area contributed by atoms with Crippen LogP contribution < -0.4 is 0 Å². The maximum absolute atomic E-state index is 13.1. The zero-order valence-corrected chi connectivity index (χ0v) is 13.5. The molecule has 0 saturated carbocycles. The predicted octanol–water partition coefficient (Wildman–Crippen LogP) is 4.92. The second kappa shape index (κ2) is 5.79. The second-order valence-corrected chi connectivity index (χ2v) is 6.72. The van der Waals surface area contributed by atoms with Crippen LogP contribution in [0.15, 0.2) is 47.8 Å². The van der Waals surface area contributed by atoms with Gasteiger partial charge in [0.1, 0.15) is 5.82 Å². The highest BCUT2D eigenvalue weighted by molar-refractivity contribution is 14.1. The number of hydrogen-bond donors (Lipinski definition) is 1. The minimum atomic E-state index is -0.611. The molecule has 1 unspecified atom stereocenters. The number of rotatable bonds is 3. The minimum Gasteiger partial charge on any atom is -0.388 e. The summed E-state index contributed by atoms with van der Waals surface area (Å²) in [5, 5.41) is 13.7. The van der Waals surface area contributed by atoms with Crippen LogP contribution in [0.4, 0.5) is 4.39 Å². The van der Waals surface area contributed by atoms with E-state index in [4.69, 9.17) is 0 Å². The van der Waals surface area contributed by atoms with Gasteiger partial charge in [-0.3, -0.25) is 0 Å². The van der Waals surface area contributed by atoms with Gasteiger partial charge < -0.3 is 5.11 Å². The lowest BCUT2D eigenvalue weighted by molar-refractivity contribution is 0.178. The molecule has 2 aromatic carbocycles. The molecule has 0 radical (unpaired) electrons. The minimum absolute atomic E-state index is 0.272. The van der Waals surface area contributed by atoms with Crippen LogP contribution in [-0.4, -0.2) is 5.11 Å². The molecule has 1 atom stereocenters. The first-order valence-corrected chi connectivity index (χ1v) is 8.19. The predicted molar refractivity (Wildman–Crippen MR) is 89.6 cm³/mol. The summed E-state index contributed by atoms with van der Waals surface area (Å²) in [7, 11) is 0. The second-order valence-electron chi connectivity index (χ2n) is 4.64. The molecule has 0 aliphatic carbocycles. The van der Waals surface area contributed by atoms with Crippen molar-refractivity contribution >= 4 is 44.0 Å². The first-order valence-electron chi connectivity index (χ1n) is 6.23. The fourth-order valence-electron chi connectivity index (χ4n) is 2.28. The quantitative estimate of drug-likeness (QED) is 0.621. The summed E-state index contributed by atoms with van der Waals surface area (Å²) >= 11 is 3.75. The van der Waals surface area contributed by atoms with Crippen LogP contribution in [0.25, 0.3) is 10.1 Å². The third-order valence-electron chi connectivity index (χ3n) is 3.30. The molecular formula is C16H12FIOS. The van der Waals surface area contributed by atoms with Crippen molar-refractivity contribution in [1.29, 1.82) is 0 Å². The molecule has 0 aliphatic heterocycles.